The van der Waals surface area contributed by atoms with Crippen LogP contribution in [0.2, 0.25) is 0 Å². The van der Waals surface area contributed by atoms with Gasteiger partial charge in [-0.2, -0.15) is 8.42 Å². The van der Waals surface area contributed by atoms with Crippen LogP contribution in [-0.4, -0.2) is 25.3 Å². The Labute approximate surface area is 134 Å². The summed E-state index contributed by atoms with van der Waals surface area (Å²) in [4.78, 5) is 0. The Balaban J connectivity index is 2.66. The van der Waals surface area contributed by atoms with Crippen LogP contribution in [0.25, 0.3) is 0 Å². The highest BCUT2D eigenvalue weighted by Crippen LogP contribution is 2.40. The fraction of sp³-hybridized carbons (Fsp3) is 0.647. The topological polar surface area (TPSA) is 63.6 Å². The normalized spacial score (nSPS) is 14.1. The molecule has 126 valence electrons. The molecule has 1 aromatic rings. The van der Waals surface area contributed by atoms with Gasteiger partial charge in [0.1, 0.15) is 5.75 Å². The summed E-state index contributed by atoms with van der Waals surface area (Å²) in [7, 11) is -3.90. The number of benzene rings is 1. The van der Waals surface area contributed by atoms with Crippen molar-refractivity contribution in [2.24, 2.45) is 11.3 Å². The lowest BCUT2D eigenvalue weighted by atomic mass is 9.70. The van der Waals surface area contributed by atoms with Crippen LogP contribution in [0, 0.1) is 11.3 Å². The number of rotatable bonds is 7. The fourth-order valence-electron chi connectivity index (χ4n) is 3.09. The van der Waals surface area contributed by atoms with E-state index in [2.05, 4.69) is 46.8 Å². The van der Waals surface area contributed by atoms with Crippen molar-refractivity contribution >= 4 is 10.1 Å². The zero-order valence-electron chi connectivity index (χ0n) is 14.2. The highest BCUT2D eigenvalue weighted by atomic mass is 32.2. The van der Waals surface area contributed by atoms with E-state index in [9.17, 15) is 8.42 Å². The van der Waals surface area contributed by atoms with E-state index < -0.39 is 10.1 Å². The zero-order chi connectivity index (χ0) is 17.0. The average molecular weight is 328 g/mol. The molecular weight excluding hydrogens is 300 g/mol. The molecule has 0 radical (unpaired) electrons. The van der Waals surface area contributed by atoms with Crippen LogP contribution in [0.15, 0.2) is 24.3 Å². The van der Waals surface area contributed by atoms with Crippen molar-refractivity contribution in [2.75, 3.05) is 12.4 Å². The van der Waals surface area contributed by atoms with Crippen molar-refractivity contribution < 1.29 is 17.7 Å². The van der Waals surface area contributed by atoms with Crippen LogP contribution >= 0.6 is 0 Å². The quantitative estimate of drug-likeness (QED) is 0.604. The minimum Gasteiger partial charge on any atom is -0.494 e. The minimum atomic E-state index is -3.90. The van der Waals surface area contributed by atoms with E-state index in [0.717, 1.165) is 5.75 Å². The van der Waals surface area contributed by atoms with Crippen LogP contribution in [0.4, 0.5) is 0 Å². The van der Waals surface area contributed by atoms with Crippen LogP contribution in [-0.2, 0) is 10.1 Å². The molecular formula is C17H28O4S. The summed E-state index contributed by atoms with van der Waals surface area (Å²) in [5.74, 6) is 1.45. The van der Waals surface area contributed by atoms with Crippen molar-refractivity contribution in [2.45, 2.75) is 47.0 Å². The van der Waals surface area contributed by atoms with E-state index in [1.54, 1.807) is 0 Å². The first-order chi connectivity index (χ1) is 10.0. The number of hydrogen-bond acceptors (Lipinski definition) is 3. The summed E-state index contributed by atoms with van der Waals surface area (Å²) in [6.45, 7) is 11.5. The molecule has 4 nitrogen and oxygen atoms in total. The minimum absolute atomic E-state index is 0.187. The Hall–Kier alpha value is -1.07. The van der Waals surface area contributed by atoms with E-state index in [-0.39, 0.29) is 24.2 Å². The predicted octanol–water partition coefficient (Wildman–Crippen LogP) is 4.13. The molecule has 0 amide bonds. The van der Waals surface area contributed by atoms with Gasteiger partial charge in [-0.3, -0.25) is 4.55 Å². The summed E-state index contributed by atoms with van der Waals surface area (Å²) in [5.41, 5.74) is 1.47. The summed E-state index contributed by atoms with van der Waals surface area (Å²) in [6.07, 6.45) is 0.275. The molecule has 1 rings (SSSR count). The van der Waals surface area contributed by atoms with E-state index in [1.165, 1.54) is 5.56 Å². The van der Waals surface area contributed by atoms with Gasteiger partial charge in [0, 0.05) is 0 Å². The maximum atomic E-state index is 10.6. The van der Waals surface area contributed by atoms with Crippen LogP contribution in [0.1, 0.15) is 52.5 Å². The lowest BCUT2D eigenvalue weighted by molar-refractivity contribution is 0.258. The van der Waals surface area contributed by atoms with E-state index >= 15 is 0 Å². The van der Waals surface area contributed by atoms with Gasteiger partial charge in [0.2, 0.25) is 0 Å². The van der Waals surface area contributed by atoms with Gasteiger partial charge in [-0.25, -0.2) is 0 Å². The Morgan fingerprint density at radius 1 is 1.14 bits per heavy atom. The van der Waals surface area contributed by atoms with Gasteiger partial charge in [0.25, 0.3) is 10.1 Å². The summed E-state index contributed by atoms with van der Waals surface area (Å²) in [5, 5.41) is 0. The Morgan fingerprint density at radius 2 is 1.68 bits per heavy atom. The molecule has 0 aliphatic carbocycles. The van der Waals surface area contributed by atoms with Gasteiger partial charge in [-0.15, -0.1) is 0 Å². The molecule has 0 heterocycles. The second-order valence-electron chi connectivity index (χ2n) is 7.14. The van der Waals surface area contributed by atoms with Crippen molar-refractivity contribution in [3.63, 3.8) is 0 Å². The Kier molecular flexibility index (Phi) is 6.44. The number of hydrogen-bond donors (Lipinski definition) is 1. The van der Waals surface area contributed by atoms with Crippen LogP contribution < -0.4 is 4.74 Å². The standard InChI is InChI=1S/C17H28O4S/c1-13(2)16(17(3,4)5)14-7-9-15(10-8-14)21-11-6-12-22(18,19)20/h7-10,13,16H,6,11-12H2,1-5H3,(H,18,19,20). The van der Waals surface area contributed by atoms with Gasteiger partial charge in [0.15, 0.2) is 0 Å². The van der Waals surface area contributed by atoms with Gasteiger partial charge in [-0.05, 0) is 41.4 Å². The lowest BCUT2D eigenvalue weighted by Gasteiger charge is -2.34. The smallest absolute Gasteiger partial charge is 0.264 e. The Morgan fingerprint density at radius 3 is 2.09 bits per heavy atom. The number of ether oxygens (including phenoxy) is 1. The summed E-state index contributed by atoms with van der Waals surface area (Å²) >= 11 is 0. The van der Waals surface area contributed by atoms with Gasteiger partial charge >= 0.3 is 0 Å². The third-order valence-corrected chi connectivity index (χ3v) is 4.46. The zero-order valence-corrected chi connectivity index (χ0v) is 15.0. The monoisotopic (exact) mass is 328 g/mol. The maximum absolute atomic E-state index is 10.6. The van der Waals surface area contributed by atoms with Gasteiger partial charge in [0.05, 0.1) is 12.4 Å². The summed E-state index contributed by atoms with van der Waals surface area (Å²) in [6, 6.07) is 8.00. The van der Waals surface area contributed by atoms with E-state index in [4.69, 9.17) is 9.29 Å². The maximum Gasteiger partial charge on any atom is 0.264 e. The average Bonchev–Trinajstić information content (AvgIpc) is 2.33. The largest absolute Gasteiger partial charge is 0.494 e. The highest BCUT2D eigenvalue weighted by molar-refractivity contribution is 7.85. The van der Waals surface area contributed by atoms with E-state index in [0.29, 0.717) is 11.8 Å². The van der Waals surface area contributed by atoms with E-state index in [1.807, 2.05) is 12.1 Å². The van der Waals surface area contributed by atoms with Crippen molar-refractivity contribution in [3.8, 4) is 5.75 Å². The first kappa shape index (κ1) is 19.0. The second-order valence-corrected chi connectivity index (χ2v) is 8.72. The molecule has 22 heavy (non-hydrogen) atoms. The molecule has 0 spiro atoms. The first-order valence-electron chi connectivity index (χ1n) is 7.68. The van der Waals surface area contributed by atoms with Crippen molar-refractivity contribution in [1.29, 1.82) is 0 Å². The fourth-order valence-corrected chi connectivity index (χ4v) is 3.57. The van der Waals surface area contributed by atoms with Gasteiger partial charge < -0.3 is 4.74 Å². The molecule has 0 fully saturated rings. The molecule has 0 bridgehead atoms. The summed E-state index contributed by atoms with van der Waals surface area (Å²) < 4.78 is 35.4. The molecule has 1 unspecified atom stereocenters. The molecule has 1 atom stereocenters. The lowest BCUT2D eigenvalue weighted by Crippen LogP contribution is -2.23. The highest BCUT2D eigenvalue weighted by Gasteiger charge is 2.28. The van der Waals surface area contributed by atoms with Crippen LogP contribution in [0.3, 0.4) is 0 Å². The second kappa shape index (κ2) is 7.47. The molecule has 1 aromatic carbocycles. The Bertz CT molecular complexity index is 553. The van der Waals surface area contributed by atoms with Crippen molar-refractivity contribution in [1.82, 2.24) is 0 Å². The third kappa shape index (κ3) is 6.36. The van der Waals surface area contributed by atoms with Crippen molar-refractivity contribution in [3.05, 3.63) is 29.8 Å². The molecule has 0 aliphatic heterocycles. The molecule has 1 N–H and O–H groups in total. The third-order valence-electron chi connectivity index (χ3n) is 3.65. The predicted molar refractivity (Wildman–Crippen MR) is 90.0 cm³/mol. The molecule has 0 aliphatic rings. The molecule has 5 heteroatoms. The molecule has 0 aromatic heterocycles. The SMILES string of the molecule is CC(C)C(c1ccc(OCCCS(=O)(=O)O)cc1)C(C)(C)C. The van der Waals surface area contributed by atoms with Gasteiger partial charge in [-0.1, -0.05) is 46.8 Å². The molecule has 0 saturated carbocycles. The van der Waals surface area contributed by atoms with Crippen LogP contribution in [0.5, 0.6) is 5.75 Å². The molecule has 0 saturated heterocycles. The first-order valence-corrected chi connectivity index (χ1v) is 9.29.